The Hall–Kier alpha value is -1.33. The standard InChI is InChI=1S/C15H20N2O2S/c1-11(8-18)9-20-10-15-16-14(17-19-15)7-13-6-4-3-5-12(13)2/h3-6,11,18H,7-10H2,1-2H3. The van der Waals surface area contributed by atoms with Gasteiger partial charge in [-0.3, -0.25) is 0 Å². The van der Waals surface area contributed by atoms with Gasteiger partial charge < -0.3 is 9.63 Å². The van der Waals surface area contributed by atoms with Crippen molar-refractivity contribution in [2.75, 3.05) is 12.4 Å². The Morgan fingerprint density at radius 3 is 2.90 bits per heavy atom. The zero-order valence-corrected chi connectivity index (χ0v) is 12.7. The van der Waals surface area contributed by atoms with Crippen LogP contribution in [-0.2, 0) is 12.2 Å². The van der Waals surface area contributed by atoms with E-state index in [0.29, 0.717) is 24.0 Å². The summed E-state index contributed by atoms with van der Waals surface area (Å²) >= 11 is 1.71. The average Bonchev–Trinajstić information content (AvgIpc) is 2.89. The number of hydrogen-bond acceptors (Lipinski definition) is 5. The maximum Gasteiger partial charge on any atom is 0.236 e. The van der Waals surface area contributed by atoms with E-state index in [1.807, 2.05) is 19.1 Å². The van der Waals surface area contributed by atoms with Gasteiger partial charge in [0.2, 0.25) is 5.89 Å². The van der Waals surface area contributed by atoms with E-state index in [1.54, 1.807) is 11.8 Å². The van der Waals surface area contributed by atoms with Crippen LogP contribution in [0.3, 0.4) is 0 Å². The molecule has 1 aromatic carbocycles. The molecule has 1 unspecified atom stereocenters. The van der Waals surface area contributed by atoms with E-state index in [0.717, 1.165) is 11.6 Å². The smallest absolute Gasteiger partial charge is 0.236 e. The fourth-order valence-corrected chi connectivity index (χ4v) is 2.72. The molecule has 108 valence electrons. The van der Waals surface area contributed by atoms with Crippen molar-refractivity contribution < 1.29 is 9.63 Å². The third kappa shape index (κ3) is 4.35. The van der Waals surface area contributed by atoms with E-state index in [9.17, 15) is 0 Å². The largest absolute Gasteiger partial charge is 0.396 e. The van der Waals surface area contributed by atoms with Crippen molar-refractivity contribution in [1.29, 1.82) is 0 Å². The van der Waals surface area contributed by atoms with E-state index in [4.69, 9.17) is 9.63 Å². The molecule has 2 rings (SSSR count). The number of aromatic nitrogens is 2. The van der Waals surface area contributed by atoms with Crippen LogP contribution in [0.25, 0.3) is 0 Å². The molecule has 0 aliphatic heterocycles. The third-order valence-electron chi connectivity index (χ3n) is 3.06. The number of thioether (sulfide) groups is 1. The predicted octanol–water partition coefficient (Wildman–Crippen LogP) is 2.83. The summed E-state index contributed by atoms with van der Waals surface area (Å²) in [5.74, 6) is 3.28. The molecule has 1 aromatic heterocycles. The molecular formula is C15H20N2O2S. The minimum atomic E-state index is 0.218. The number of aliphatic hydroxyl groups excluding tert-OH is 1. The Kier molecular flexibility index (Phi) is 5.61. The molecule has 0 amide bonds. The van der Waals surface area contributed by atoms with Crippen molar-refractivity contribution in [3.8, 4) is 0 Å². The minimum absolute atomic E-state index is 0.218. The first kappa shape index (κ1) is 15.1. The number of benzene rings is 1. The van der Waals surface area contributed by atoms with Crippen molar-refractivity contribution in [3.63, 3.8) is 0 Å². The van der Waals surface area contributed by atoms with Crippen molar-refractivity contribution in [2.24, 2.45) is 5.92 Å². The van der Waals surface area contributed by atoms with Crippen molar-refractivity contribution in [3.05, 3.63) is 47.1 Å². The van der Waals surface area contributed by atoms with Crippen molar-refractivity contribution in [2.45, 2.75) is 26.0 Å². The van der Waals surface area contributed by atoms with Crippen LogP contribution in [-0.4, -0.2) is 27.6 Å². The molecule has 4 nitrogen and oxygen atoms in total. The van der Waals surface area contributed by atoms with Gasteiger partial charge in [-0.25, -0.2) is 0 Å². The summed E-state index contributed by atoms with van der Waals surface area (Å²) in [7, 11) is 0. The topological polar surface area (TPSA) is 59.2 Å². The maximum absolute atomic E-state index is 8.96. The molecule has 5 heteroatoms. The summed E-state index contributed by atoms with van der Waals surface area (Å²) in [6, 6.07) is 8.22. The highest BCUT2D eigenvalue weighted by atomic mass is 32.2. The number of rotatable bonds is 7. The lowest BCUT2D eigenvalue weighted by Gasteiger charge is -2.04. The summed E-state index contributed by atoms with van der Waals surface area (Å²) < 4.78 is 5.25. The van der Waals surface area contributed by atoms with Crippen LogP contribution < -0.4 is 0 Å². The third-order valence-corrected chi connectivity index (χ3v) is 4.32. The number of aliphatic hydroxyl groups is 1. The van der Waals surface area contributed by atoms with E-state index in [1.165, 1.54) is 11.1 Å². The van der Waals surface area contributed by atoms with E-state index in [-0.39, 0.29) is 6.61 Å². The fourth-order valence-electron chi connectivity index (χ4n) is 1.80. The summed E-state index contributed by atoms with van der Waals surface area (Å²) in [5.41, 5.74) is 2.46. The first-order valence-corrected chi connectivity index (χ1v) is 7.89. The predicted molar refractivity (Wildman–Crippen MR) is 80.7 cm³/mol. The molecule has 1 N–H and O–H groups in total. The van der Waals surface area contributed by atoms with Gasteiger partial charge in [0.15, 0.2) is 5.82 Å². The summed E-state index contributed by atoms with van der Waals surface area (Å²) in [5, 5.41) is 13.0. The van der Waals surface area contributed by atoms with Crippen LogP contribution in [0.2, 0.25) is 0 Å². The van der Waals surface area contributed by atoms with Gasteiger partial charge in [-0.15, -0.1) is 0 Å². The maximum atomic E-state index is 8.96. The first-order chi connectivity index (χ1) is 9.69. The van der Waals surface area contributed by atoms with Gasteiger partial charge in [0.25, 0.3) is 0 Å². The van der Waals surface area contributed by atoms with Crippen molar-refractivity contribution >= 4 is 11.8 Å². The van der Waals surface area contributed by atoms with Crippen LogP contribution >= 0.6 is 11.8 Å². The summed E-state index contributed by atoms with van der Waals surface area (Å²) in [6.45, 7) is 4.32. The SMILES string of the molecule is Cc1ccccc1Cc1noc(CSCC(C)CO)n1. The second-order valence-electron chi connectivity index (χ2n) is 5.01. The highest BCUT2D eigenvalue weighted by Crippen LogP contribution is 2.16. The Morgan fingerprint density at radius 1 is 1.35 bits per heavy atom. The average molecular weight is 292 g/mol. The monoisotopic (exact) mass is 292 g/mol. The lowest BCUT2D eigenvalue weighted by atomic mass is 10.1. The Balaban J connectivity index is 1.88. The van der Waals surface area contributed by atoms with Gasteiger partial charge in [0.1, 0.15) is 0 Å². The van der Waals surface area contributed by atoms with Crippen LogP contribution in [0.5, 0.6) is 0 Å². The van der Waals surface area contributed by atoms with Crippen molar-refractivity contribution in [1.82, 2.24) is 10.1 Å². The second kappa shape index (κ2) is 7.45. The van der Waals surface area contributed by atoms with Crippen LogP contribution in [0, 0.1) is 12.8 Å². The summed E-state index contributed by atoms with van der Waals surface area (Å²) in [6.07, 6.45) is 0.702. The molecule has 1 atom stereocenters. The quantitative estimate of drug-likeness (QED) is 0.850. The van der Waals surface area contributed by atoms with E-state index >= 15 is 0 Å². The fraction of sp³-hybridized carbons (Fsp3) is 0.467. The van der Waals surface area contributed by atoms with Gasteiger partial charge in [0.05, 0.1) is 5.75 Å². The zero-order valence-electron chi connectivity index (χ0n) is 11.9. The molecule has 2 aromatic rings. The lowest BCUT2D eigenvalue weighted by molar-refractivity contribution is 0.250. The molecule has 1 heterocycles. The summed E-state index contributed by atoms with van der Waals surface area (Å²) in [4.78, 5) is 4.41. The molecule has 0 spiro atoms. The lowest BCUT2D eigenvalue weighted by Crippen LogP contribution is -2.03. The highest BCUT2D eigenvalue weighted by molar-refractivity contribution is 7.98. The molecule has 0 fully saturated rings. The van der Waals surface area contributed by atoms with Crippen LogP contribution in [0.4, 0.5) is 0 Å². The molecular weight excluding hydrogens is 272 g/mol. The van der Waals surface area contributed by atoms with Gasteiger partial charge in [0, 0.05) is 13.0 Å². The first-order valence-electron chi connectivity index (χ1n) is 6.73. The van der Waals surface area contributed by atoms with Crippen LogP contribution in [0.15, 0.2) is 28.8 Å². The Morgan fingerprint density at radius 2 is 2.15 bits per heavy atom. The normalized spacial score (nSPS) is 12.6. The van der Waals surface area contributed by atoms with Crippen LogP contribution in [0.1, 0.15) is 29.8 Å². The molecule has 20 heavy (non-hydrogen) atoms. The van der Waals surface area contributed by atoms with Gasteiger partial charge in [-0.05, 0) is 29.7 Å². The Bertz CT molecular complexity index is 542. The van der Waals surface area contributed by atoms with Gasteiger partial charge in [-0.2, -0.15) is 16.7 Å². The molecule has 0 saturated heterocycles. The van der Waals surface area contributed by atoms with E-state index < -0.39 is 0 Å². The molecule has 0 aliphatic rings. The second-order valence-corrected chi connectivity index (χ2v) is 6.04. The minimum Gasteiger partial charge on any atom is -0.396 e. The molecule has 0 aliphatic carbocycles. The van der Waals surface area contributed by atoms with Gasteiger partial charge >= 0.3 is 0 Å². The van der Waals surface area contributed by atoms with E-state index in [2.05, 4.69) is 29.2 Å². The highest BCUT2D eigenvalue weighted by Gasteiger charge is 2.09. The Labute approximate surface area is 123 Å². The zero-order chi connectivity index (χ0) is 14.4. The number of nitrogens with zero attached hydrogens (tertiary/aromatic N) is 2. The van der Waals surface area contributed by atoms with Gasteiger partial charge in [-0.1, -0.05) is 36.3 Å². The number of hydrogen-bond donors (Lipinski definition) is 1. The molecule has 0 saturated carbocycles. The molecule has 0 radical (unpaired) electrons. The number of aryl methyl sites for hydroxylation is 1. The molecule has 0 bridgehead atoms.